The lowest BCUT2D eigenvalue weighted by Gasteiger charge is -2.27. The molecule has 1 aromatic rings. The summed E-state index contributed by atoms with van der Waals surface area (Å²) in [4.78, 5) is 23.0. The van der Waals surface area contributed by atoms with Gasteiger partial charge in [0.05, 0.1) is 30.6 Å². The Morgan fingerprint density at radius 2 is 2.17 bits per heavy atom. The molecule has 0 spiro atoms. The fourth-order valence-corrected chi connectivity index (χ4v) is 3.51. The van der Waals surface area contributed by atoms with Crippen LogP contribution in [0.5, 0.6) is 0 Å². The summed E-state index contributed by atoms with van der Waals surface area (Å²) < 4.78 is 4.84. The van der Waals surface area contributed by atoms with Crippen molar-refractivity contribution < 1.29 is 9.53 Å². The summed E-state index contributed by atoms with van der Waals surface area (Å²) in [6.07, 6.45) is 2.16. The molecule has 1 aliphatic heterocycles. The molecule has 2 N–H and O–H groups in total. The lowest BCUT2D eigenvalue weighted by atomic mass is 10.1. The number of methoxy groups -OCH3 is 1. The van der Waals surface area contributed by atoms with Gasteiger partial charge >= 0.3 is 5.97 Å². The molecule has 6 nitrogen and oxygen atoms in total. The van der Waals surface area contributed by atoms with Crippen molar-refractivity contribution in [2.75, 3.05) is 31.7 Å². The fraction of sp³-hybridized carbons (Fsp3) is 0.562. The van der Waals surface area contributed by atoms with Gasteiger partial charge < -0.3 is 15.4 Å². The number of carbonyl (C=O) groups is 1. The Morgan fingerprint density at radius 1 is 1.43 bits per heavy atom. The molecule has 0 atom stereocenters. The molecule has 2 fully saturated rings. The van der Waals surface area contributed by atoms with Crippen molar-refractivity contribution >= 4 is 23.7 Å². The first-order valence-electron chi connectivity index (χ1n) is 7.90. The molecule has 0 aromatic carbocycles. The summed E-state index contributed by atoms with van der Waals surface area (Å²) >= 11 is 1.94. The number of nitrogens with two attached hydrogens (primary N) is 1. The Bertz CT molecular complexity index is 610. The number of nitrogens with zero attached hydrogens (tertiary/aromatic N) is 3. The first kappa shape index (κ1) is 16.1. The second-order valence-corrected chi connectivity index (χ2v) is 7.00. The van der Waals surface area contributed by atoms with Gasteiger partial charge in [-0.2, -0.15) is 11.8 Å². The fourth-order valence-electron chi connectivity index (χ4n) is 2.61. The number of pyridine rings is 1. The number of ether oxygens (including phenoxy) is 1. The molecule has 1 aliphatic carbocycles. The number of aromatic nitrogens is 1. The van der Waals surface area contributed by atoms with E-state index in [1.54, 1.807) is 6.07 Å². The van der Waals surface area contributed by atoms with E-state index in [0.717, 1.165) is 48.8 Å². The molecule has 0 unspecified atom stereocenters. The third-order valence-electron chi connectivity index (χ3n) is 4.09. The van der Waals surface area contributed by atoms with E-state index in [4.69, 9.17) is 10.5 Å². The van der Waals surface area contributed by atoms with Crippen molar-refractivity contribution in [3.63, 3.8) is 0 Å². The van der Waals surface area contributed by atoms with Crippen LogP contribution in [0.4, 0.5) is 0 Å². The van der Waals surface area contributed by atoms with Crippen LogP contribution in [-0.4, -0.2) is 53.5 Å². The highest BCUT2D eigenvalue weighted by Crippen LogP contribution is 2.40. The number of guanidine groups is 1. The molecular formula is C16H22N4O2S. The predicted molar refractivity (Wildman–Crippen MR) is 91.8 cm³/mol. The smallest absolute Gasteiger partial charge is 0.339 e. The van der Waals surface area contributed by atoms with Crippen LogP contribution in [-0.2, 0) is 11.3 Å². The predicted octanol–water partition coefficient (Wildman–Crippen LogP) is 1.61. The zero-order valence-corrected chi connectivity index (χ0v) is 14.1. The van der Waals surface area contributed by atoms with Crippen LogP contribution >= 0.6 is 11.8 Å². The summed E-state index contributed by atoms with van der Waals surface area (Å²) in [6, 6.07) is 3.63. The van der Waals surface area contributed by atoms with Gasteiger partial charge in [0, 0.05) is 30.5 Å². The number of carbonyl (C=O) groups excluding carboxylic acids is 1. The van der Waals surface area contributed by atoms with Crippen LogP contribution in [0.3, 0.4) is 0 Å². The maximum absolute atomic E-state index is 11.8. The summed E-state index contributed by atoms with van der Waals surface area (Å²) in [7, 11) is 1.40. The van der Waals surface area contributed by atoms with Gasteiger partial charge in [-0.25, -0.2) is 9.79 Å². The number of hydrogen-bond donors (Lipinski definition) is 1. The van der Waals surface area contributed by atoms with Crippen molar-refractivity contribution in [2.45, 2.75) is 25.3 Å². The molecule has 2 heterocycles. The van der Waals surface area contributed by atoms with Crippen LogP contribution in [0, 0.1) is 0 Å². The SMILES string of the molecule is COC(=O)c1ccc(CN=C(N)N2CCSCC2)nc1C1CC1. The molecule has 3 rings (SSSR count). The Balaban J connectivity index is 1.72. The van der Waals surface area contributed by atoms with Crippen molar-refractivity contribution in [3.8, 4) is 0 Å². The van der Waals surface area contributed by atoms with Gasteiger partial charge in [-0.1, -0.05) is 0 Å². The zero-order valence-electron chi connectivity index (χ0n) is 13.3. The van der Waals surface area contributed by atoms with E-state index < -0.39 is 0 Å². The van der Waals surface area contributed by atoms with Gasteiger partial charge in [-0.05, 0) is 25.0 Å². The van der Waals surface area contributed by atoms with Gasteiger partial charge in [0.1, 0.15) is 0 Å². The molecule has 2 aliphatic rings. The molecule has 23 heavy (non-hydrogen) atoms. The molecule has 1 aromatic heterocycles. The normalized spacial score (nSPS) is 18.8. The van der Waals surface area contributed by atoms with E-state index in [2.05, 4.69) is 14.9 Å². The lowest BCUT2D eigenvalue weighted by Crippen LogP contribution is -2.42. The van der Waals surface area contributed by atoms with Gasteiger partial charge in [0.15, 0.2) is 5.96 Å². The van der Waals surface area contributed by atoms with E-state index in [1.165, 1.54) is 7.11 Å². The number of hydrogen-bond acceptors (Lipinski definition) is 5. The highest BCUT2D eigenvalue weighted by molar-refractivity contribution is 7.99. The third-order valence-corrected chi connectivity index (χ3v) is 5.03. The molecule has 0 bridgehead atoms. The minimum atomic E-state index is -0.320. The minimum absolute atomic E-state index is 0.320. The minimum Gasteiger partial charge on any atom is -0.465 e. The highest BCUT2D eigenvalue weighted by Gasteiger charge is 2.30. The molecule has 7 heteroatoms. The summed E-state index contributed by atoms with van der Waals surface area (Å²) in [5.74, 6) is 2.82. The van der Waals surface area contributed by atoms with Gasteiger partial charge in [-0.3, -0.25) is 4.98 Å². The Kier molecular flexibility index (Phi) is 5.05. The highest BCUT2D eigenvalue weighted by atomic mass is 32.2. The van der Waals surface area contributed by atoms with E-state index in [0.29, 0.717) is 24.0 Å². The molecule has 124 valence electrons. The van der Waals surface area contributed by atoms with E-state index in [9.17, 15) is 4.79 Å². The number of esters is 1. The van der Waals surface area contributed by atoms with Gasteiger partial charge in [-0.15, -0.1) is 0 Å². The first-order valence-corrected chi connectivity index (χ1v) is 9.05. The van der Waals surface area contributed by atoms with E-state index in [1.807, 2.05) is 17.8 Å². The topological polar surface area (TPSA) is 80.8 Å². The molecule has 0 amide bonds. The van der Waals surface area contributed by atoms with E-state index in [-0.39, 0.29) is 5.97 Å². The lowest BCUT2D eigenvalue weighted by molar-refractivity contribution is 0.0598. The summed E-state index contributed by atoms with van der Waals surface area (Å²) in [6.45, 7) is 2.33. The third kappa shape index (κ3) is 3.96. The largest absolute Gasteiger partial charge is 0.465 e. The van der Waals surface area contributed by atoms with Crippen LogP contribution in [0.25, 0.3) is 0 Å². The number of rotatable bonds is 4. The van der Waals surface area contributed by atoms with Crippen LogP contribution in [0.15, 0.2) is 17.1 Å². The molecule has 1 saturated carbocycles. The first-order chi connectivity index (χ1) is 11.2. The Morgan fingerprint density at radius 3 is 2.83 bits per heavy atom. The number of aliphatic imine (C=N–C) groups is 1. The molecule has 0 radical (unpaired) electrons. The quantitative estimate of drug-likeness (QED) is 0.512. The zero-order chi connectivity index (χ0) is 16.2. The van der Waals surface area contributed by atoms with Gasteiger partial charge in [0.2, 0.25) is 0 Å². The second kappa shape index (κ2) is 7.21. The van der Waals surface area contributed by atoms with Crippen molar-refractivity contribution in [2.24, 2.45) is 10.7 Å². The monoisotopic (exact) mass is 334 g/mol. The standard InChI is InChI=1S/C16H22N4O2S/c1-22-15(21)13-5-4-12(19-14(13)11-2-3-11)10-18-16(17)20-6-8-23-9-7-20/h4-5,11H,2-3,6-10H2,1H3,(H2,17,18). The average Bonchev–Trinajstić information content (AvgIpc) is 3.44. The van der Waals surface area contributed by atoms with Crippen molar-refractivity contribution in [1.29, 1.82) is 0 Å². The summed E-state index contributed by atoms with van der Waals surface area (Å²) in [5.41, 5.74) is 8.33. The Labute approximate surface area is 140 Å². The average molecular weight is 334 g/mol. The van der Waals surface area contributed by atoms with E-state index >= 15 is 0 Å². The van der Waals surface area contributed by atoms with Crippen LogP contribution < -0.4 is 5.73 Å². The van der Waals surface area contributed by atoms with Crippen LogP contribution in [0.2, 0.25) is 0 Å². The van der Waals surface area contributed by atoms with Crippen LogP contribution in [0.1, 0.15) is 40.5 Å². The number of thioether (sulfide) groups is 1. The molecule has 1 saturated heterocycles. The maximum Gasteiger partial charge on any atom is 0.339 e. The van der Waals surface area contributed by atoms with Gasteiger partial charge in [0.25, 0.3) is 0 Å². The molecular weight excluding hydrogens is 312 g/mol. The summed E-state index contributed by atoms with van der Waals surface area (Å²) in [5, 5.41) is 0. The maximum atomic E-state index is 11.8. The Hall–Kier alpha value is -1.76. The van der Waals surface area contributed by atoms with Crippen molar-refractivity contribution in [3.05, 3.63) is 29.1 Å². The van der Waals surface area contributed by atoms with Crippen molar-refractivity contribution in [1.82, 2.24) is 9.88 Å². The second-order valence-electron chi connectivity index (χ2n) is 5.78.